The van der Waals surface area contributed by atoms with Gasteiger partial charge < -0.3 is 19.4 Å². The summed E-state index contributed by atoms with van der Waals surface area (Å²) in [6.45, 7) is 6.29. The number of hydrogen-bond donors (Lipinski definition) is 1. The van der Waals surface area contributed by atoms with Crippen LogP contribution in [0.2, 0.25) is 0 Å². The number of carboxylic acids is 1. The molecule has 0 amide bonds. The molecule has 1 aliphatic carbocycles. The minimum Gasteiger partial charge on any atom is -0.549 e. The van der Waals surface area contributed by atoms with E-state index in [1.807, 2.05) is 0 Å². The molecule has 1 fully saturated rings. The fourth-order valence-electron chi connectivity index (χ4n) is 2.76. The maximum Gasteiger partial charge on any atom is 0.191 e. The summed E-state index contributed by atoms with van der Waals surface area (Å²) >= 11 is 1.20. The zero-order valence-electron chi connectivity index (χ0n) is 13.2. The van der Waals surface area contributed by atoms with E-state index >= 15 is 0 Å². The molecule has 118 valence electrons. The second-order valence-corrected chi connectivity index (χ2v) is 7.85. The van der Waals surface area contributed by atoms with Gasteiger partial charge in [-0.2, -0.15) is 0 Å². The van der Waals surface area contributed by atoms with E-state index in [1.54, 1.807) is 0 Å². The van der Waals surface area contributed by atoms with Crippen molar-refractivity contribution in [3.8, 4) is 0 Å². The van der Waals surface area contributed by atoms with Crippen molar-refractivity contribution >= 4 is 17.7 Å². The summed E-state index contributed by atoms with van der Waals surface area (Å²) in [4.78, 5) is 12.1. The van der Waals surface area contributed by atoms with Crippen molar-refractivity contribution in [2.45, 2.75) is 44.3 Å². The highest BCUT2D eigenvalue weighted by atomic mass is 32.2. The van der Waals surface area contributed by atoms with E-state index in [0.717, 1.165) is 31.8 Å². The molecular formula is C14H24N4O2S. The Balaban J connectivity index is 2.18. The first-order valence-electron chi connectivity index (χ1n) is 7.33. The first kappa shape index (κ1) is 16.3. The monoisotopic (exact) mass is 312 g/mol. The number of quaternary nitrogens is 1. The van der Waals surface area contributed by atoms with Crippen LogP contribution in [-0.2, 0) is 11.3 Å². The predicted molar refractivity (Wildman–Crippen MR) is 79.2 cm³/mol. The molecule has 1 N–H and O–H groups in total. The first-order valence-corrected chi connectivity index (χ1v) is 8.32. The number of carbonyl (C=O) groups is 1. The maximum atomic E-state index is 10.7. The van der Waals surface area contributed by atoms with E-state index in [0.29, 0.717) is 11.1 Å². The number of carboxylic acid groups (broad SMARTS) is 1. The van der Waals surface area contributed by atoms with Gasteiger partial charge in [-0.3, -0.25) is 0 Å². The number of nitrogens with one attached hydrogen (secondary N) is 1. The standard InChI is InChI=1S/C14H24N4O2S/c1-14(2,8-17(3)4)9-18-12(10-5-6-10)15-16-13(18)21-7-11(19)20/h10H,5-9H2,1-4H3,(H,19,20). The quantitative estimate of drug-likeness (QED) is 0.634. The van der Waals surface area contributed by atoms with Crippen molar-refractivity contribution in [2.24, 2.45) is 5.41 Å². The third-order valence-corrected chi connectivity index (χ3v) is 4.37. The minimum absolute atomic E-state index is 0.0812. The third kappa shape index (κ3) is 4.71. The number of nitrogens with zero attached hydrogens (tertiary/aromatic N) is 3. The van der Waals surface area contributed by atoms with Gasteiger partial charge in [-0.05, 0) is 12.8 Å². The van der Waals surface area contributed by atoms with Gasteiger partial charge in [0.1, 0.15) is 5.82 Å². The topological polar surface area (TPSA) is 75.3 Å². The smallest absolute Gasteiger partial charge is 0.191 e. The van der Waals surface area contributed by atoms with Crippen LogP contribution in [0, 0.1) is 5.41 Å². The Morgan fingerprint density at radius 3 is 2.62 bits per heavy atom. The molecule has 0 radical (unpaired) electrons. The summed E-state index contributed by atoms with van der Waals surface area (Å²) in [7, 11) is 4.28. The molecular weight excluding hydrogens is 288 g/mol. The number of carbonyl (C=O) groups excluding carboxylic acids is 1. The highest BCUT2D eigenvalue weighted by Crippen LogP contribution is 2.40. The molecule has 21 heavy (non-hydrogen) atoms. The first-order chi connectivity index (χ1) is 9.78. The summed E-state index contributed by atoms with van der Waals surface area (Å²) in [6.07, 6.45) is 2.31. The van der Waals surface area contributed by atoms with Crippen LogP contribution in [-0.4, -0.2) is 47.1 Å². The normalized spacial score (nSPS) is 15.7. The predicted octanol–water partition coefficient (Wildman–Crippen LogP) is -0.832. The number of aliphatic carboxylic acids is 1. The van der Waals surface area contributed by atoms with Gasteiger partial charge in [-0.1, -0.05) is 25.6 Å². The molecule has 0 bridgehead atoms. The molecule has 1 aromatic heterocycles. The van der Waals surface area contributed by atoms with Gasteiger partial charge in [0, 0.05) is 23.6 Å². The van der Waals surface area contributed by atoms with E-state index in [1.165, 1.54) is 16.7 Å². The number of hydrogen-bond acceptors (Lipinski definition) is 5. The molecule has 1 aromatic rings. The molecule has 0 spiro atoms. The Labute approximate surface area is 129 Å². The SMILES string of the molecule is C[NH+](C)CC(C)(C)Cn1c(SCC(=O)[O-])nnc1C1CC1. The Morgan fingerprint density at radius 1 is 1.43 bits per heavy atom. The van der Waals surface area contributed by atoms with Crippen LogP contribution >= 0.6 is 11.8 Å². The molecule has 6 nitrogen and oxygen atoms in total. The maximum absolute atomic E-state index is 10.7. The molecule has 1 aliphatic rings. The fraction of sp³-hybridized carbons (Fsp3) is 0.786. The largest absolute Gasteiger partial charge is 0.549 e. The van der Waals surface area contributed by atoms with Crippen molar-refractivity contribution < 1.29 is 14.8 Å². The van der Waals surface area contributed by atoms with Crippen molar-refractivity contribution in [1.29, 1.82) is 0 Å². The Bertz CT molecular complexity index is 509. The summed E-state index contributed by atoms with van der Waals surface area (Å²) in [5.74, 6) is 0.358. The zero-order chi connectivity index (χ0) is 15.6. The number of aromatic nitrogens is 3. The van der Waals surface area contributed by atoms with E-state index < -0.39 is 5.97 Å². The van der Waals surface area contributed by atoms with Gasteiger partial charge in [0.25, 0.3) is 0 Å². The Kier molecular flexibility index (Phi) is 4.93. The van der Waals surface area contributed by atoms with Crippen LogP contribution in [0.5, 0.6) is 0 Å². The van der Waals surface area contributed by atoms with Crippen molar-refractivity contribution in [3.05, 3.63) is 5.82 Å². The molecule has 0 aliphatic heterocycles. The van der Waals surface area contributed by atoms with E-state index in [9.17, 15) is 9.90 Å². The average molecular weight is 312 g/mol. The lowest BCUT2D eigenvalue weighted by molar-refractivity contribution is -0.865. The summed E-state index contributed by atoms with van der Waals surface area (Å²) in [5.41, 5.74) is 0.0988. The van der Waals surface area contributed by atoms with Gasteiger partial charge in [-0.25, -0.2) is 0 Å². The van der Waals surface area contributed by atoms with Crippen molar-refractivity contribution in [2.75, 3.05) is 26.4 Å². The Hall–Kier alpha value is -1.08. The fourth-order valence-corrected chi connectivity index (χ4v) is 3.42. The lowest BCUT2D eigenvalue weighted by Gasteiger charge is -2.27. The summed E-state index contributed by atoms with van der Waals surface area (Å²) in [6, 6.07) is 0. The highest BCUT2D eigenvalue weighted by molar-refractivity contribution is 7.99. The van der Waals surface area contributed by atoms with Gasteiger partial charge in [0.05, 0.1) is 26.6 Å². The highest BCUT2D eigenvalue weighted by Gasteiger charge is 2.33. The zero-order valence-corrected chi connectivity index (χ0v) is 14.0. The van der Waals surface area contributed by atoms with E-state index in [-0.39, 0.29) is 11.2 Å². The van der Waals surface area contributed by atoms with Gasteiger partial charge in [0.15, 0.2) is 5.16 Å². The molecule has 1 heterocycles. The molecule has 1 saturated carbocycles. The van der Waals surface area contributed by atoms with Crippen molar-refractivity contribution in [3.63, 3.8) is 0 Å². The molecule has 0 saturated heterocycles. The average Bonchev–Trinajstić information content (AvgIpc) is 3.08. The molecule has 0 unspecified atom stereocenters. The summed E-state index contributed by atoms with van der Waals surface area (Å²) in [5, 5.41) is 19.9. The van der Waals surface area contributed by atoms with Gasteiger partial charge >= 0.3 is 0 Å². The van der Waals surface area contributed by atoms with Crippen molar-refractivity contribution in [1.82, 2.24) is 14.8 Å². The molecule has 2 rings (SSSR count). The number of rotatable bonds is 8. The van der Waals surface area contributed by atoms with Crippen LogP contribution in [0.3, 0.4) is 0 Å². The van der Waals surface area contributed by atoms with E-state index in [4.69, 9.17) is 0 Å². The third-order valence-electron chi connectivity index (χ3n) is 3.43. The second-order valence-electron chi connectivity index (χ2n) is 6.91. The lowest BCUT2D eigenvalue weighted by Crippen LogP contribution is -3.07. The Morgan fingerprint density at radius 2 is 2.10 bits per heavy atom. The van der Waals surface area contributed by atoms with Gasteiger partial charge in [0.2, 0.25) is 0 Å². The second kappa shape index (κ2) is 6.36. The molecule has 0 atom stereocenters. The number of thioether (sulfide) groups is 1. The van der Waals surface area contributed by atoms with Crippen LogP contribution in [0.1, 0.15) is 38.4 Å². The van der Waals surface area contributed by atoms with Crippen LogP contribution in [0.4, 0.5) is 0 Å². The molecule has 7 heteroatoms. The summed E-state index contributed by atoms with van der Waals surface area (Å²) < 4.78 is 2.12. The van der Waals surface area contributed by atoms with Crippen LogP contribution < -0.4 is 10.0 Å². The van der Waals surface area contributed by atoms with Crippen LogP contribution in [0.25, 0.3) is 0 Å². The minimum atomic E-state index is -1.07. The van der Waals surface area contributed by atoms with E-state index in [2.05, 4.69) is 42.7 Å². The van der Waals surface area contributed by atoms with Crippen LogP contribution in [0.15, 0.2) is 5.16 Å². The lowest BCUT2D eigenvalue weighted by atomic mass is 9.93. The molecule has 0 aromatic carbocycles. The van der Waals surface area contributed by atoms with Gasteiger partial charge in [-0.15, -0.1) is 10.2 Å².